The Morgan fingerprint density at radius 2 is 2.25 bits per heavy atom. The van der Waals surface area contributed by atoms with Crippen LogP contribution in [-0.4, -0.2) is 41.6 Å². The summed E-state index contributed by atoms with van der Waals surface area (Å²) in [5, 5.41) is 8.84. The molecule has 1 aromatic carbocycles. The van der Waals surface area contributed by atoms with Gasteiger partial charge in [-0.25, -0.2) is 4.39 Å². The summed E-state index contributed by atoms with van der Waals surface area (Å²) in [5.74, 6) is -1.74. The van der Waals surface area contributed by atoms with Crippen molar-refractivity contribution in [2.75, 3.05) is 13.7 Å². The number of hydrogen-bond donors (Lipinski definition) is 1. The summed E-state index contributed by atoms with van der Waals surface area (Å²) in [6.07, 6.45) is 1.26. The van der Waals surface area contributed by atoms with Gasteiger partial charge >= 0.3 is 5.97 Å². The van der Waals surface area contributed by atoms with Crippen LogP contribution in [0, 0.1) is 5.82 Å². The minimum atomic E-state index is -0.954. The summed E-state index contributed by atoms with van der Waals surface area (Å²) in [7, 11) is 1.42. The molecule has 1 aromatic rings. The maximum Gasteiger partial charge on any atom is 0.305 e. The van der Waals surface area contributed by atoms with Gasteiger partial charge in [0.15, 0.2) is 0 Å². The highest BCUT2D eigenvalue weighted by molar-refractivity contribution is 5.95. The number of carboxylic acid groups (broad SMARTS) is 1. The highest BCUT2D eigenvalue weighted by Crippen LogP contribution is 2.25. The van der Waals surface area contributed by atoms with Gasteiger partial charge in [0, 0.05) is 18.7 Å². The van der Waals surface area contributed by atoms with Crippen LogP contribution in [0.1, 0.15) is 29.6 Å². The molecule has 20 heavy (non-hydrogen) atoms. The van der Waals surface area contributed by atoms with E-state index in [1.807, 2.05) is 0 Å². The van der Waals surface area contributed by atoms with E-state index in [1.54, 1.807) is 0 Å². The quantitative estimate of drug-likeness (QED) is 0.915. The number of ether oxygens (including phenoxy) is 1. The minimum Gasteiger partial charge on any atom is -0.497 e. The number of carbonyl (C=O) groups excluding carboxylic acids is 1. The van der Waals surface area contributed by atoms with Gasteiger partial charge in [-0.2, -0.15) is 0 Å². The fourth-order valence-electron chi connectivity index (χ4n) is 2.47. The topological polar surface area (TPSA) is 66.8 Å². The lowest BCUT2D eigenvalue weighted by Crippen LogP contribution is -2.37. The molecule has 1 N–H and O–H groups in total. The van der Waals surface area contributed by atoms with Crippen molar-refractivity contribution in [3.05, 3.63) is 29.6 Å². The summed E-state index contributed by atoms with van der Waals surface area (Å²) in [6, 6.07) is 3.67. The molecule has 1 amide bonds. The van der Waals surface area contributed by atoms with Crippen LogP contribution in [0.15, 0.2) is 18.2 Å². The number of hydrogen-bond acceptors (Lipinski definition) is 3. The van der Waals surface area contributed by atoms with E-state index in [-0.39, 0.29) is 18.0 Å². The van der Waals surface area contributed by atoms with Crippen molar-refractivity contribution < 1.29 is 23.8 Å². The van der Waals surface area contributed by atoms with Crippen molar-refractivity contribution in [3.63, 3.8) is 0 Å². The highest BCUT2D eigenvalue weighted by atomic mass is 19.1. The zero-order valence-electron chi connectivity index (χ0n) is 11.1. The summed E-state index contributed by atoms with van der Waals surface area (Å²) < 4.78 is 18.8. The lowest BCUT2D eigenvalue weighted by Gasteiger charge is -2.23. The molecule has 2 rings (SSSR count). The maximum absolute atomic E-state index is 13.9. The number of carbonyl (C=O) groups is 2. The predicted molar refractivity (Wildman–Crippen MR) is 69.3 cm³/mol. The molecule has 6 heteroatoms. The van der Waals surface area contributed by atoms with Crippen LogP contribution in [0.5, 0.6) is 5.75 Å². The van der Waals surface area contributed by atoms with Crippen LogP contribution in [0.2, 0.25) is 0 Å². The molecule has 1 aliphatic heterocycles. The van der Waals surface area contributed by atoms with Gasteiger partial charge < -0.3 is 14.7 Å². The Morgan fingerprint density at radius 3 is 2.85 bits per heavy atom. The van der Waals surface area contributed by atoms with Crippen LogP contribution >= 0.6 is 0 Å². The normalized spacial score (nSPS) is 18.1. The van der Waals surface area contributed by atoms with Gasteiger partial charge in [0.05, 0.1) is 19.1 Å². The monoisotopic (exact) mass is 281 g/mol. The second kappa shape index (κ2) is 5.90. The van der Waals surface area contributed by atoms with Crippen LogP contribution in [0.25, 0.3) is 0 Å². The van der Waals surface area contributed by atoms with Gasteiger partial charge in [0.1, 0.15) is 11.6 Å². The molecule has 0 bridgehead atoms. The van der Waals surface area contributed by atoms with E-state index in [1.165, 1.54) is 24.1 Å². The lowest BCUT2D eigenvalue weighted by atomic mass is 10.1. The highest BCUT2D eigenvalue weighted by Gasteiger charge is 2.32. The number of aliphatic carboxylic acids is 1. The summed E-state index contributed by atoms with van der Waals surface area (Å²) >= 11 is 0. The van der Waals surface area contributed by atoms with Crippen LogP contribution in [0.3, 0.4) is 0 Å². The van der Waals surface area contributed by atoms with E-state index in [9.17, 15) is 14.0 Å². The number of halogens is 1. The number of nitrogens with zero attached hydrogens (tertiary/aromatic N) is 1. The number of methoxy groups -OCH3 is 1. The Hall–Kier alpha value is -2.11. The molecule has 0 aliphatic carbocycles. The number of benzene rings is 1. The number of rotatable bonds is 4. The predicted octanol–water partition coefficient (Wildman–Crippen LogP) is 1.91. The second-order valence-corrected chi connectivity index (χ2v) is 4.74. The maximum atomic E-state index is 13.9. The number of likely N-dealkylation sites (tertiary alicyclic amines) is 1. The molecule has 0 spiro atoms. The molecular weight excluding hydrogens is 265 g/mol. The SMILES string of the molecule is COc1ccc(C(=O)N2CCCC2CC(=O)O)c(F)c1. The molecule has 1 atom stereocenters. The Balaban J connectivity index is 2.20. The van der Waals surface area contributed by atoms with Crippen molar-refractivity contribution in [2.24, 2.45) is 0 Å². The average Bonchev–Trinajstić information content (AvgIpc) is 2.85. The first kappa shape index (κ1) is 14.3. The van der Waals surface area contributed by atoms with E-state index in [0.717, 1.165) is 12.5 Å². The van der Waals surface area contributed by atoms with E-state index in [4.69, 9.17) is 9.84 Å². The van der Waals surface area contributed by atoms with E-state index < -0.39 is 17.7 Å². The first-order chi connectivity index (χ1) is 9.52. The Morgan fingerprint density at radius 1 is 1.50 bits per heavy atom. The zero-order chi connectivity index (χ0) is 14.7. The Kier molecular flexibility index (Phi) is 4.22. The molecule has 0 radical (unpaired) electrons. The van der Waals surface area contributed by atoms with Crippen molar-refractivity contribution in [3.8, 4) is 5.75 Å². The third-order valence-corrected chi connectivity index (χ3v) is 3.45. The van der Waals surface area contributed by atoms with Crippen molar-refractivity contribution in [2.45, 2.75) is 25.3 Å². The standard InChI is InChI=1S/C14H16FNO4/c1-20-10-4-5-11(12(15)8-10)14(19)16-6-2-3-9(16)7-13(17)18/h4-5,8-9H,2-3,6-7H2,1H3,(H,17,18). The lowest BCUT2D eigenvalue weighted by molar-refractivity contribution is -0.137. The molecule has 108 valence electrons. The van der Waals surface area contributed by atoms with Crippen LogP contribution in [0.4, 0.5) is 4.39 Å². The van der Waals surface area contributed by atoms with E-state index in [2.05, 4.69) is 0 Å². The van der Waals surface area contributed by atoms with Crippen LogP contribution in [-0.2, 0) is 4.79 Å². The second-order valence-electron chi connectivity index (χ2n) is 4.74. The molecule has 1 unspecified atom stereocenters. The van der Waals surface area contributed by atoms with E-state index in [0.29, 0.717) is 18.7 Å². The summed E-state index contributed by atoms with van der Waals surface area (Å²) in [5.41, 5.74) is -0.0527. The molecule has 1 fully saturated rings. The fraction of sp³-hybridized carbons (Fsp3) is 0.429. The molecule has 0 saturated carbocycles. The molecule has 0 aromatic heterocycles. The number of amides is 1. The first-order valence-electron chi connectivity index (χ1n) is 6.39. The minimum absolute atomic E-state index is 0.0527. The molecule has 1 aliphatic rings. The number of carboxylic acids is 1. The third kappa shape index (κ3) is 2.89. The first-order valence-corrected chi connectivity index (χ1v) is 6.39. The summed E-state index contributed by atoms with van der Waals surface area (Å²) in [4.78, 5) is 24.5. The Labute approximate surface area is 116 Å². The smallest absolute Gasteiger partial charge is 0.305 e. The average molecular weight is 281 g/mol. The van der Waals surface area contributed by atoms with Gasteiger partial charge in [-0.15, -0.1) is 0 Å². The fourth-order valence-corrected chi connectivity index (χ4v) is 2.47. The van der Waals surface area contributed by atoms with Crippen LogP contribution < -0.4 is 4.74 Å². The van der Waals surface area contributed by atoms with Crippen molar-refractivity contribution >= 4 is 11.9 Å². The van der Waals surface area contributed by atoms with Gasteiger partial charge in [-0.05, 0) is 25.0 Å². The molecule has 1 saturated heterocycles. The molecule has 5 nitrogen and oxygen atoms in total. The van der Waals surface area contributed by atoms with Crippen molar-refractivity contribution in [1.29, 1.82) is 0 Å². The zero-order valence-corrected chi connectivity index (χ0v) is 11.1. The summed E-state index contributed by atoms with van der Waals surface area (Å²) in [6.45, 7) is 0.461. The molecule has 1 heterocycles. The van der Waals surface area contributed by atoms with Gasteiger partial charge in [0.2, 0.25) is 0 Å². The largest absolute Gasteiger partial charge is 0.497 e. The van der Waals surface area contributed by atoms with E-state index >= 15 is 0 Å². The molecular formula is C14H16FNO4. The van der Waals surface area contributed by atoms with Gasteiger partial charge in [-0.1, -0.05) is 0 Å². The Bertz CT molecular complexity index is 532. The van der Waals surface area contributed by atoms with Crippen molar-refractivity contribution in [1.82, 2.24) is 4.90 Å². The third-order valence-electron chi connectivity index (χ3n) is 3.45. The van der Waals surface area contributed by atoms with Gasteiger partial charge in [0.25, 0.3) is 5.91 Å². The van der Waals surface area contributed by atoms with Gasteiger partial charge in [-0.3, -0.25) is 9.59 Å².